The summed E-state index contributed by atoms with van der Waals surface area (Å²) in [6.07, 6.45) is 0. The standard InChI is InChI=1S/C10H8F4O2S/c11-6-1-2-7(8(12)5-6)9(16)10(13,14)17-4-3-15/h1-2,5,15H,3-4H2. The second kappa shape index (κ2) is 5.50. The lowest BCUT2D eigenvalue weighted by atomic mass is 10.1. The van der Waals surface area contributed by atoms with Crippen LogP contribution in [0.15, 0.2) is 18.2 Å². The molecule has 0 heterocycles. The van der Waals surface area contributed by atoms with Crippen LogP contribution in [0.2, 0.25) is 0 Å². The third-order valence-corrected chi connectivity index (χ3v) is 2.75. The minimum Gasteiger partial charge on any atom is -0.396 e. The van der Waals surface area contributed by atoms with Gasteiger partial charge in [0.25, 0.3) is 0 Å². The number of aliphatic hydroxyl groups excluding tert-OH is 1. The van der Waals surface area contributed by atoms with E-state index in [1.54, 1.807) is 0 Å². The van der Waals surface area contributed by atoms with Crippen LogP contribution in [0.4, 0.5) is 17.6 Å². The predicted octanol–water partition coefficient (Wildman–Crippen LogP) is 2.47. The number of alkyl halides is 2. The maximum atomic E-state index is 13.2. The number of Topliss-reactive ketones (excluding diaryl/α,β-unsaturated/α-hetero) is 1. The first-order valence-corrected chi connectivity index (χ1v) is 5.49. The minimum absolute atomic E-state index is 0.0987. The van der Waals surface area contributed by atoms with Gasteiger partial charge in [0.1, 0.15) is 11.6 Å². The van der Waals surface area contributed by atoms with Gasteiger partial charge < -0.3 is 5.11 Å². The predicted molar refractivity (Wildman–Crippen MR) is 55.2 cm³/mol. The quantitative estimate of drug-likeness (QED) is 0.658. The molecule has 1 N–H and O–H groups in total. The molecule has 0 saturated heterocycles. The molecule has 0 aliphatic heterocycles. The fourth-order valence-corrected chi connectivity index (χ4v) is 1.66. The van der Waals surface area contributed by atoms with Crippen molar-refractivity contribution in [2.24, 2.45) is 0 Å². The Kier molecular flexibility index (Phi) is 4.53. The van der Waals surface area contributed by atoms with E-state index in [2.05, 4.69) is 0 Å². The zero-order chi connectivity index (χ0) is 13.1. The van der Waals surface area contributed by atoms with Crippen LogP contribution in [0.25, 0.3) is 0 Å². The number of ketones is 1. The average molecular weight is 268 g/mol. The number of hydrogen-bond donors (Lipinski definition) is 1. The van der Waals surface area contributed by atoms with E-state index in [0.29, 0.717) is 12.1 Å². The average Bonchev–Trinajstić information content (AvgIpc) is 2.25. The number of halogens is 4. The molecular weight excluding hydrogens is 260 g/mol. The molecule has 0 amide bonds. The van der Waals surface area contributed by atoms with Crippen LogP contribution >= 0.6 is 11.8 Å². The second-order valence-electron chi connectivity index (χ2n) is 3.04. The van der Waals surface area contributed by atoms with Crippen LogP contribution in [0, 0.1) is 11.6 Å². The largest absolute Gasteiger partial charge is 0.396 e. The van der Waals surface area contributed by atoms with E-state index in [-0.39, 0.29) is 17.5 Å². The Morgan fingerprint density at radius 1 is 1.35 bits per heavy atom. The number of rotatable bonds is 5. The molecule has 0 aromatic heterocycles. The van der Waals surface area contributed by atoms with Crippen molar-refractivity contribution in [1.29, 1.82) is 0 Å². The van der Waals surface area contributed by atoms with Gasteiger partial charge >= 0.3 is 5.25 Å². The lowest BCUT2D eigenvalue weighted by molar-refractivity contribution is 0.0561. The van der Waals surface area contributed by atoms with Crippen LogP contribution in [0.5, 0.6) is 0 Å². The van der Waals surface area contributed by atoms with Gasteiger partial charge in [0.15, 0.2) is 0 Å². The lowest BCUT2D eigenvalue weighted by Crippen LogP contribution is -2.26. The normalized spacial score (nSPS) is 11.6. The summed E-state index contributed by atoms with van der Waals surface area (Å²) >= 11 is -0.0987. The van der Waals surface area contributed by atoms with Crippen molar-refractivity contribution in [2.75, 3.05) is 12.4 Å². The maximum Gasteiger partial charge on any atom is 0.356 e. The van der Waals surface area contributed by atoms with Crippen LogP contribution < -0.4 is 0 Å². The van der Waals surface area contributed by atoms with E-state index in [4.69, 9.17) is 5.11 Å². The van der Waals surface area contributed by atoms with Crippen molar-refractivity contribution < 1.29 is 27.5 Å². The number of hydrogen-bond acceptors (Lipinski definition) is 3. The zero-order valence-electron chi connectivity index (χ0n) is 8.42. The maximum absolute atomic E-state index is 13.2. The van der Waals surface area contributed by atoms with Gasteiger partial charge in [-0.1, -0.05) is 11.8 Å². The van der Waals surface area contributed by atoms with Gasteiger partial charge in [-0.25, -0.2) is 8.78 Å². The van der Waals surface area contributed by atoms with E-state index in [1.165, 1.54) is 0 Å². The summed E-state index contributed by atoms with van der Waals surface area (Å²) < 4.78 is 52.1. The first-order chi connectivity index (χ1) is 7.88. The Morgan fingerprint density at radius 2 is 2.00 bits per heavy atom. The van der Waals surface area contributed by atoms with E-state index in [1.807, 2.05) is 0 Å². The molecule has 0 radical (unpaired) electrons. The van der Waals surface area contributed by atoms with Crippen LogP contribution in [-0.4, -0.2) is 28.5 Å². The number of carbonyl (C=O) groups is 1. The summed E-state index contributed by atoms with van der Waals surface area (Å²) in [5, 5.41) is 4.54. The molecular formula is C10H8F4O2S. The van der Waals surface area contributed by atoms with Crippen LogP contribution in [0.3, 0.4) is 0 Å². The first kappa shape index (κ1) is 14.0. The molecule has 2 nitrogen and oxygen atoms in total. The van der Waals surface area contributed by atoms with E-state index in [9.17, 15) is 22.4 Å². The van der Waals surface area contributed by atoms with Crippen molar-refractivity contribution in [2.45, 2.75) is 5.25 Å². The third-order valence-electron chi connectivity index (χ3n) is 1.81. The smallest absolute Gasteiger partial charge is 0.356 e. The van der Waals surface area contributed by atoms with Crippen molar-refractivity contribution in [3.63, 3.8) is 0 Å². The first-order valence-electron chi connectivity index (χ1n) is 4.51. The molecule has 1 aromatic rings. The van der Waals surface area contributed by atoms with Gasteiger partial charge in [-0.15, -0.1) is 0 Å². The van der Waals surface area contributed by atoms with Gasteiger partial charge in [-0.05, 0) is 12.1 Å². The summed E-state index contributed by atoms with van der Waals surface area (Å²) in [5.41, 5.74) is -0.873. The third kappa shape index (κ3) is 3.44. The molecule has 0 fully saturated rings. The van der Waals surface area contributed by atoms with Gasteiger partial charge in [-0.2, -0.15) is 8.78 Å². The number of carbonyl (C=O) groups excluding carboxylic acids is 1. The molecule has 1 aromatic carbocycles. The number of benzene rings is 1. The summed E-state index contributed by atoms with van der Waals surface area (Å²) in [4.78, 5) is 11.3. The number of aliphatic hydroxyl groups is 1. The summed E-state index contributed by atoms with van der Waals surface area (Å²) in [6.45, 7) is -0.528. The van der Waals surface area contributed by atoms with E-state index < -0.39 is 34.8 Å². The Hall–Kier alpha value is -1.08. The highest BCUT2D eigenvalue weighted by Gasteiger charge is 2.40. The highest BCUT2D eigenvalue weighted by Crippen LogP contribution is 2.33. The Morgan fingerprint density at radius 3 is 2.53 bits per heavy atom. The summed E-state index contributed by atoms with van der Waals surface area (Å²) in [5.74, 6) is -4.39. The molecule has 0 aliphatic rings. The zero-order valence-corrected chi connectivity index (χ0v) is 9.24. The molecule has 7 heteroatoms. The highest BCUT2D eigenvalue weighted by molar-refractivity contribution is 8.01. The molecule has 17 heavy (non-hydrogen) atoms. The van der Waals surface area contributed by atoms with Crippen LogP contribution in [0.1, 0.15) is 10.4 Å². The fraction of sp³-hybridized carbons (Fsp3) is 0.300. The van der Waals surface area contributed by atoms with Crippen molar-refractivity contribution in [3.8, 4) is 0 Å². The van der Waals surface area contributed by atoms with E-state index >= 15 is 0 Å². The Bertz CT molecular complexity index is 423. The molecule has 0 bridgehead atoms. The molecule has 94 valence electrons. The molecule has 0 saturated carbocycles. The molecule has 1 rings (SSSR count). The van der Waals surface area contributed by atoms with Crippen molar-refractivity contribution >= 4 is 17.5 Å². The minimum atomic E-state index is -3.85. The molecule has 0 aliphatic carbocycles. The monoisotopic (exact) mass is 268 g/mol. The van der Waals surface area contributed by atoms with Crippen molar-refractivity contribution in [3.05, 3.63) is 35.4 Å². The van der Waals surface area contributed by atoms with Crippen LogP contribution in [-0.2, 0) is 0 Å². The molecule has 0 spiro atoms. The highest BCUT2D eigenvalue weighted by atomic mass is 32.2. The number of thioether (sulfide) groups is 1. The fourth-order valence-electron chi connectivity index (χ4n) is 1.07. The van der Waals surface area contributed by atoms with E-state index in [0.717, 1.165) is 6.07 Å². The lowest BCUT2D eigenvalue weighted by Gasteiger charge is -2.14. The Labute approximate surface area is 98.6 Å². The SMILES string of the molecule is O=C(c1ccc(F)cc1F)C(F)(F)SCCO. The summed E-state index contributed by atoms with van der Waals surface area (Å²) in [6, 6.07) is 1.75. The molecule has 0 unspecified atom stereocenters. The molecule has 0 atom stereocenters. The topological polar surface area (TPSA) is 37.3 Å². The van der Waals surface area contributed by atoms with Gasteiger partial charge in [0.05, 0.1) is 12.2 Å². The van der Waals surface area contributed by atoms with Gasteiger partial charge in [0, 0.05) is 11.8 Å². The van der Waals surface area contributed by atoms with Crippen molar-refractivity contribution in [1.82, 2.24) is 0 Å². The van der Waals surface area contributed by atoms with Gasteiger partial charge in [-0.3, -0.25) is 4.79 Å². The second-order valence-corrected chi connectivity index (χ2v) is 4.25. The van der Waals surface area contributed by atoms with Gasteiger partial charge in [0.2, 0.25) is 5.78 Å². The summed E-state index contributed by atoms with van der Waals surface area (Å²) in [7, 11) is 0. The Balaban J connectivity index is 2.95.